The van der Waals surface area contributed by atoms with Crippen LogP contribution in [-0.2, 0) is 4.79 Å². The van der Waals surface area contributed by atoms with Gasteiger partial charge in [-0.15, -0.1) is 11.3 Å². The van der Waals surface area contributed by atoms with Crippen LogP contribution in [0.15, 0.2) is 59.0 Å². The number of aryl methyl sites for hydroxylation is 2. The van der Waals surface area contributed by atoms with E-state index in [9.17, 15) is 9.59 Å². The van der Waals surface area contributed by atoms with Crippen LogP contribution in [0.4, 0.5) is 5.69 Å². The molecule has 1 amide bonds. The Hall–Kier alpha value is -3.25. The summed E-state index contributed by atoms with van der Waals surface area (Å²) >= 11 is 1.45. The van der Waals surface area contributed by atoms with Gasteiger partial charge in [0.2, 0.25) is 5.91 Å². The summed E-state index contributed by atoms with van der Waals surface area (Å²) in [5.74, 6) is 0.0606. The summed E-state index contributed by atoms with van der Waals surface area (Å²) in [7, 11) is 0. The Bertz CT molecular complexity index is 1380. The van der Waals surface area contributed by atoms with Crippen LogP contribution in [0.5, 0.6) is 0 Å². The molecule has 0 aliphatic heterocycles. The minimum Gasteiger partial charge on any atom is -0.324 e. The highest BCUT2D eigenvalue weighted by Crippen LogP contribution is 2.32. The van der Waals surface area contributed by atoms with E-state index >= 15 is 0 Å². The van der Waals surface area contributed by atoms with Crippen molar-refractivity contribution in [2.45, 2.75) is 53.0 Å². The van der Waals surface area contributed by atoms with Crippen molar-refractivity contribution in [2.24, 2.45) is 0 Å². The molecule has 0 bridgehead atoms. The monoisotopic (exact) mass is 459 g/mol. The topological polar surface area (TPSA) is 64.0 Å². The van der Waals surface area contributed by atoms with E-state index in [1.807, 2.05) is 42.6 Å². The van der Waals surface area contributed by atoms with Gasteiger partial charge in [0.05, 0.1) is 11.7 Å². The van der Waals surface area contributed by atoms with Crippen molar-refractivity contribution in [3.8, 4) is 11.1 Å². The molecule has 0 aliphatic rings. The first kappa shape index (κ1) is 22.9. The van der Waals surface area contributed by atoms with Crippen LogP contribution >= 0.6 is 11.3 Å². The second-order valence-corrected chi connectivity index (χ2v) is 9.60. The number of rotatable bonds is 6. The number of anilines is 1. The van der Waals surface area contributed by atoms with Gasteiger partial charge in [0.1, 0.15) is 10.9 Å². The third-order valence-corrected chi connectivity index (χ3v) is 7.09. The zero-order valence-corrected chi connectivity index (χ0v) is 20.5. The van der Waals surface area contributed by atoms with Gasteiger partial charge in [0.15, 0.2) is 0 Å². The fraction of sp³-hybridized carbons (Fsp3) is 0.296. The van der Waals surface area contributed by atoms with Gasteiger partial charge >= 0.3 is 0 Å². The lowest BCUT2D eigenvalue weighted by Gasteiger charge is -2.20. The predicted octanol–water partition coefficient (Wildman–Crippen LogP) is 6.46. The van der Waals surface area contributed by atoms with Gasteiger partial charge in [0, 0.05) is 16.6 Å². The maximum absolute atomic E-state index is 13.6. The molecule has 33 heavy (non-hydrogen) atoms. The Morgan fingerprint density at radius 2 is 1.88 bits per heavy atom. The normalized spacial score (nSPS) is 12.3. The molecule has 1 N–H and O–H groups in total. The second-order valence-electron chi connectivity index (χ2n) is 8.74. The van der Waals surface area contributed by atoms with Crippen LogP contribution in [0, 0.1) is 13.8 Å². The summed E-state index contributed by atoms with van der Waals surface area (Å²) in [5.41, 5.74) is 5.90. The molecule has 4 aromatic rings. The summed E-state index contributed by atoms with van der Waals surface area (Å²) in [4.78, 5) is 32.1. The van der Waals surface area contributed by atoms with Crippen molar-refractivity contribution in [1.29, 1.82) is 0 Å². The number of nitrogens with zero attached hydrogens (tertiary/aromatic N) is 2. The third-order valence-electron chi connectivity index (χ3n) is 6.20. The molecule has 0 fully saturated rings. The van der Waals surface area contributed by atoms with Gasteiger partial charge in [-0.05, 0) is 54.5 Å². The summed E-state index contributed by atoms with van der Waals surface area (Å²) in [6, 6.07) is 13.3. The molecule has 5 nitrogen and oxygen atoms in total. The molecule has 2 aromatic carbocycles. The van der Waals surface area contributed by atoms with E-state index in [4.69, 9.17) is 0 Å². The number of hydrogen-bond acceptors (Lipinski definition) is 4. The van der Waals surface area contributed by atoms with Gasteiger partial charge in [-0.2, -0.15) is 0 Å². The fourth-order valence-corrected chi connectivity index (χ4v) is 5.03. The average Bonchev–Trinajstić information content (AvgIpc) is 3.23. The number of amides is 1. The number of benzene rings is 2. The molecule has 4 rings (SSSR count). The number of carbonyl (C=O) groups excluding carboxylic acids is 1. The Labute approximate surface area is 198 Å². The summed E-state index contributed by atoms with van der Waals surface area (Å²) in [6.45, 7) is 10.2. The minimum absolute atomic E-state index is 0.186. The molecule has 0 aliphatic carbocycles. The van der Waals surface area contributed by atoms with Gasteiger partial charge in [-0.1, -0.05) is 57.2 Å². The average molecular weight is 460 g/mol. The van der Waals surface area contributed by atoms with E-state index < -0.39 is 6.04 Å². The minimum atomic E-state index is -0.651. The number of thiophene rings is 1. The first-order valence-corrected chi connectivity index (χ1v) is 12.2. The Balaban J connectivity index is 1.75. The van der Waals surface area contributed by atoms with E-state index in [0.717, 1.165) is 22.4 Å². The van der Waals surface area contributed by atoms with Crippen molar-refractivity contribution in [1.82, 2.24) is 9.55 Å². The molecule has 170 valence electrons. The van der Waals surface area contributed by atoms with Crippen LogP contribution in [0.2, 0.25) is 0 Å². The predicted molar refractivity (Wildman–Crippen MR) is 137 cm³/mol. The maximum Gasteiger partial charge on any atom is 0.263 e. The van der Waals surface area contributed by atoms with Crippen molar-refractivity contribution < 1.29 is 4.79 Å². The SMILES string of the molecule is CCC(C(=O)Nc1ccccc1C(C)C)n1cnc2scc(-c3ccc(C)c(C)c3)c2c1=O. The van der Waals surface area contributed by atoms with Gasteiger partial charge < -0.3 is 5.32 Å². The Kier molecular flexibility index (Phi) is 6.47. The molecule has 0 radical (unpaired) electrons. The molecule has 2 aromatic heterocycles. The van der Waals surface area contributed by atoms with Crippen LogP contribution in [0.25, 0.3) is 21.3 Å². The van der Waals surface area contributed by atoms with Crippen molar-refractivity contribution in [2.75, 3.05) is 5.32 Å². The van der Waals surface area contributed by atoms with Crippen LogP contribution in [-0.4, -0.2) is 15.5 Å². The standard InChI is InChI=1S/C27H29N3O2S/c1-6-23(25(31)29-22-10-8-7-9-20(22)16(2)3)30-15-28-26-24(27(30)32)21(14-33-26)19-12-11-17(4)18(5)13-19/h7-16,23H,6H2,1-5H3,(H,29,31). The van der Waals surface area contributed by atoms with Crippen molar-refractivity contribution in [3.63, 3.8) is 0 Å². The number of carbonyl (C=O) groups is 1. The van der Waals surface area contributed by atoms with Crippen LogP contribution in [0.1, 0.15) is 55.8 Å². The molecular formula is C27H29N3O2S. The molecule has 0 spiro atoms. The first-order chi connectivity index (χ1) is 15.8. The van der Waals surface area contributed by atoms with Crippen LogP contribution in [0.3, 0.4) is 0 Å². The second kappa shape index (κ2) is 9.32. The number of para-hydroxylation sites is 1. The smallest absolute Gasteiger partial charge is 0.263 e. The Morgan fingerprint density at radius 1 is 1.12 bits per heavy atom. The summed E-state index contributed by atoms with van der Waals surface area (Å²) < 4.78 is 1.48. The lowest BCUT2D eigenvalue weighted by atomic mass is 10.0. The van der Waals surface area contributed by atoms with E-state index in [2.05, 4.69) is 50.1 Å². The molecule has 2 heterocycles. The molecule has 1 atom stereocenters. The zero-order valence-electron chi connectivity index (χ0n) is 19.7. The third kappa shape index (κ3) is 4.35. The Morgan fingerprint density at radius 3 is 2.58 bits per heavy atom. The molecule has 6 heteroatoms. The van der Waals surface area contributed by atoms with Crippen LogP contribution < -0.4 is 10.9 Å². The zero-order chi connectivity index (χ0) is 23.7. The van der Waals surface area contributed by atoms with Gasteiger partial charge in [-0.3, -0.25) is 14.2 Å². The molecule has 0 saturated heterocycles. The lowest BCUT2D eigenvalue weighted by molar-refractivity contribution is -0.119. The molecule has 0 saturated carbocycles. The lowest BCUT2D eigenvalue weighted by Crippen LogP contribution is -2.33. The number of fused-ring (bicyclic) bond motifs is 1. The number of hydrogen-bond donors (Lipinski definition) is 1. The highest BCUT2D eigenvalue weighted by atomic mass is 32.1. The molecule has 1 unspecified atom stereocenters. The van der Waals surface area contributed by atoms with E-state index in [-0.39, 0.29) is 17.4 Å². The van der Waals surface area contributed by atoms with Crippen molar-refractivity contribution >= 4 is 33.1 Å². The van der Waals surface area contributed by atoms with E-state index in [1.54, 1.807) is 0 Å². The number of aromatic nitrogens is 2. The van der Waals surface area contributed by atoms with Gasteiger partial charge in [-0.25, -0.2) is 4.98 Å². The molecular weight excluding hydrogens is 430 g/mol. The quantitative estimate of drug-likeness (QED) is 0.360. The summed E-state index contributed by atoms with van der Waals surface area (Å²) in [5, 5.41) is 5.60. The number of nitrogens with one attached hydrogen (secondary N) is 1. The van der Waals surface area contributed by atoms with Crippen molar-refractivity contribution in [3.05, 3.63) is 81.2 Å². The van der Waals surface area contributed by atoms with Gasteiger partial charge in [0.25, 0.3) is 5.56 Å². The largest absolute Gasteiger partial charge is 0.324 e. The van der Waals surface area contributed by atoms with E-state index in [0.29, 0.717) is 16.6 Å². The maximum atomic E-state index is 13.6. The fourth-order valence-electron chi connectivity index (χ4n) is 4.13. The highest BCUT2D eigenvalue weighted by molar-refractivity contribution is 7.17. The summed E-state index contributed by atoms with van der Waals surface area (Å²) in [6.07, 6.45) is 1.99. The first-order valence-electron chi connectivity index (χ1n) is 11.3. The highest BCUT2D eigenvalue weighted by Gasteiger charge is 2.23. The van der Waals surface area contributed by atoms with E-state index in [1.165, 1.54) is 33.4 Å².